The molecule has 0 unspecified atom stereocenters. The number of anilines is 2. The van der Waals surface area contributed by atoms with Gasteiger partial charge in [0.2, 0.25) is 10.0 Å². The molecular formula is C20H24N2O6S. The van der Waals surface area contributed by atoms with Crippen molar-refractivity contribution in [3.63, 3.8) is 0 Å². The van der Waals surface area contributed by atoms with Gasteiger partial charge >= 0.3 is 5.97 Å². The lowest BCUT2D eigenvalue weighted by molar-refractivity contribution is -0.151. The summed E-state index contributed by atoms with van der Waals surface area (Å²) in [6, 6.07) is 13.6. The zero-order valence-electron chi connectivity index (χ0n) is 16.7. The van der Waals surface area contributed by atoms with E-state index in [0.717, 1.165) is 10.6 Å². The van der Waals surface area contributed by atoms with E-state index in [9.17, 15) is 18.0 Å². The highest BCUT2D eigenvalue weighted by Gasteiger charge is 2.25. The van der Waals surface area contributed by atoms with Crippen molar-refractivity contribution in [2.45, 2.75) is 20.0 Å². The Morgan fingerprint density at radius 3 is 2.34 bits per heavy atom. The van der Waals surface area contributed by atoms with Crippen LogP contribution in [-0.2, 0) is 24.3 Å². The van der Waals surface area contributed by atoms with E-state index < -0.39 is 34.5 Å². The topological polar surface area (TPSA) is 102 Å². The Balaban J connectivity index is 2.08. The van der Waals surface area contributed by atoms with Crippen LogP contribution in [0.4, 0.5) is 11.4 Å². The number of aryl methyl sites for hydroxylation is 1. The molecule has 1 atom stereocenters. The number of esters is 1. The van der Waals surface area contributed by atoms with E-state index in [1.807, 2.05) is 0 Å². The van der Waals surface area contributed by atoms with Crippen molar-refractivity contribution in [2.75, 3.05) is 29.5 Å². The van der Waals surface area contributed by atoms with Crippen molar-refractivity contribution in [1.82, 2.24) is 0 Å². The summed E-state index contributed by atoms with van der Waals surface area (Å²) in [5, 5.41) is 2.62. The molecule has 0 aliphatic rings. The average molecular weight is 420 g/mol. The lowest BCUT2D eigenvalue weighted by atomic mass is 10.2. The van der Waals surface area contributed by atoms with E-state index in [4.69, 9.17) is 9.47 Å². The Morgan fingerprint density at radius 2 is 1.72 bits per heavy atom. The standard InChI is InChI=1S/C20H24N2O6S/c1-14-9-5-7-11-17(14)22(29(4,25)26)13-19(23)28-15(2)20(24)21-16-10-6-8-12-18(16)27-3/h5-12,15H,13H2,1-4H3,(H,21,24)/t15-/m0/s1. The third-order valence-electron chi connectivity index (χ3n) is 4.10. The number of nitrogens with one attached hydrogen (secondary N) is 1. The van der Waals surface area contributed by atoms with Gasteiger partial charge in [-0.2, -0.15) is 0 Å². The molecule has 0 aliphatic carbocycles. The summed E-state index contributed by atoms with van der Waals surface area (Å²) in [5.41, 5.74) is 1.49. The maximum absolute atomic E-state index is 12.3. The number of rotatable bonds is 8. The molecule has 0 saturated heterocycles. The van der Waals surface area contributed by atoms with Gasteiger partial charge in [-0.15, -0.1) is 0 Å². The highest BCUT2D eigenvalue weighted by molar-refractivity contribution is 7.92. The van der Waals surface area contributed by atoms with E-state index in [1.54, 1.807) is 55.5 Å². The molecule has 1 amide bonds. The average Bonchev–Trinajstić information content (AvgIpc) is 2.66. The minimum atomic E-state index is -3.73. The largest absolute Gasteiger partial charge is 0.495 e. The fourth-order valence-electron chi connectivity index (χ4n) is 2.61. The lowest BCUT2D eigenvalue weighted by Gasteiger charge is -2.24. The minimum absolute atomic E-state index is 0.373. The summed E-state index contributed by atoms with van der Waals surface area (Å²) >= 11 is 0. The van der Waals surface area contributed by atoms with Gasteiger partial charge in [0.05, 0.1) is 24.7 Å². The number of hydrogen-bond donors (Lipinski definition) is 1. The van der Waals surface area contributed by atoms with Gasteiger partial charge in [0.1, 0.15) is 12.3 Å². The molecule has 0 aliphatic heterocycles. The van der Waals surface area contributed by atoms with Gasteiger partial charge in [0, 0.05) is 0 Å². The first kappa shape index (κ1) is 22.2. The fourth-order valence-corrected chi connectivity index (χ4v) is 3.51. The molecule has 0 radical (unpaired) electrons. The highest BCUT2D eigenvalue weighted by Crippen LogP contribution is 2.24. The minimum Gasteiger partial charge on any atom is -0.495 e. The molecule has 0 spiro atoms. The van der Waals surface area contributed by atoms with Crippen LogP contribution < -0.4 is 14.4 Å². The van der Waals surface area contributed by atoms with Gasteiger partial charge < -0.3 is 14.8 Å². The Hall–Kier alpha value is -3.07. The third-order valence-corrected chi connectivity index (χ3v) is 5.23. The van der Waals surface area contributed by atoms with Gasteiger partial charge in [-0.05, 0) is 37.6 Å². The first-order valence-electron chi connectivity index (χ1n) is 8.80. The number of carbonyl (C=O) groups is 2. The Morgan fingerprint density at radius 1 is 1.10 bits per heavy atom. The lowest BCUT2D eigenvalue weighted by Crippen LogP contribution is -2.39. The molecule has 29 heavy (non-hydrogen) atoms. The summed E-state index contributed by atoms with van der Waals surface area (Å²) in [4.78, 5) is 24.7. The van der Waals surface area contributed by atoms with Crippen LogP contribution in [-0.4, -0.2) is 46.3 Å². The molecule has 0 heterocycles. The number of benzene rings is 2. The number of para-hydroxylation sites is 3. The van der Waals surface area contributed by atoms with E-state index in [2.05, 4.69) is 5.32 Å². The first-order valence-corrected chi connectivity index (χ1v) is 10.6. The number of carbonyl (C=O) groups excluding carboxylic acids is 2. The van der Waals surface area contributed by atoms with Crippen molar-refractivity contribution < 1.29 is 27.5 Å². The third kappa shape index (κ3) is 5.95. The van der Waals surface area contributed by atoms with Crippen LogP contribution in [0.25, 0.3) is 0 Å². The quantitative estimate of drug-likeness (QED) is 0.658. The molecule has 0 bridgehead atoms. The molecular weight excluding hydrogens is 396 g/mol. The van der Waals surface area contributed by atoms with Gasteiger partial charge in [-0.25, -0.2) is 8.42 Å². The van der Waals surface area contributed by atoms with Crippen molar-refractivity contribution in [1.29, 1.82) is 0 Å². The molecule has 0 aromatic heterocycles. The van der Waals surface area contributed by atoms with E-state index in [1.165, 1.54) is 14.0 Å². The highest BCUT2D eigenvalue weighted by atomic mass is 32.2. The maximum Gasteiger partial charge on any atom is 0.327 e. The van der Waals surface area contributed by atoms with Gasteiger partial charge in [-0.3, -0.25) is 13.9 Å². The van der Waals surface area contributed by atoms with Crippen LogP contribution in [0.1, 0.15) is 12.5 Å². The van der Waals surface area contributed by atoms with Crippen LogP contribution in [0.2, 0.25) is 0 Å². The first-order chi connectivity index (χ1) is 13.6. The number of hydrogen-bond acceptors (Lipinski definition) is 6. The summed E-state index contributed by atoms with van der Waals surface area (Å²) in [5.74, 6) is -0.951. The summed E-state index contributed by atoms with van der Waals surface area (Å²) in [6.07, 6.45) is -0.129. The van der Waals surface area contributed by atoms with Crippen molar-refractivity contribution >= 4 is 33.3 Å². The second kappa shape index (κ2) is 9.42. The van der Waals surface area contributed by atoms with Gasteiger partial charge in [0.25, 0.3) is 5.91 Å². The molecule has 0 saturated carbocycles. The number of amides is 1. The van der Waals surface area contributed by atoms with Crippen LogP contribution in [0.15, 0.2) is 48.5 Å². The SMILES string of the molecule is COc1ccccc1NC(=O)[C@H](C)OC(=O)CN(c1ccccc1C)S(C)(=O)=O. The molecule has 9 heteroatoms. The second-order valence-electron chi connectivity index (χ2n) is 6.38. The predicted octanol–water partition coefficient (Wildman–Crippen LogP) is 2.34. The van der Waals surface area contributed by atoms with Crippen LogP contribution in [0, 0.1) is 6.92 Å². The monoisotopic (exact) mass is 420 g/mol. The van der Waals surface area contributed by atoms with Crippen molar-refractivity contribution in [2.24, 2.45) is 0 Å². The van der Waals surface area contributed by atoms with Crippen LogP contribution in [0.5, 0.6) is 5.75 Å². The summed E-state index contributed by atoms with van der Waals surface area (Å²) in [6.45, 7) is 2.60. The van der Waals surface area contributed by atoms with Crippen LogP contribution >= 0.6 is 0 Å². The van der Waals surface area contributed by atoms with Gasteiger partial charge in [0.15, 0.2) is 6.10 Å². The number of methoxy groups -OCH3 is 1. The zero-order valence-corrected chi connectivity index (χ0v) is 17.5. The van der Waals surface area contributed by atoms with E-state index >= 15 is 0 Å². The normalized spacial score (nSPS) is 12.0. The molecule has 1 N–H and O–H groups in total. The van der Waals surface area contributed by atoms with Crippen LogP contribution in [0.3, 0.4) is 0 Å². The fraction of sp³-hybridized carbons (Fsp3) is 0.300. The Bertz CT molecular complexity index is 990. The van der Waals surface area contributed by atoms with Gasteiger partial charge in [-0.1, -0.05) is 30.3 Å². The Kier molecular flexibility index (Phi) is 7.22. The molecule has 0 fully saturated rings. The number of sulfonamides is 1. The van der Waals surface area contributed by atoms with E-state index in [-0.39, 0.29) is 0 Å². The molecule has 8 nitrogen and oxygen atoms in total. The van der Waals surface area contributed by atoms with Crippen molar-refractivity contribution in [3.05, 3.63) is 54.1 Å². The van der Waals surface area contributed by atoms with E-state index in [0.29, 0.717) is 22.7 Å². The number of ether oxygens (including phenoxy) is 2. The molecule has 156 valence electrons. The maximum atomic E-state index is 12.3. The molecule has 2 aromatic rings. The van der Waals surface area contributed by atoms with Crippen molar-refractivity contribution in [3.8, 4) is 5.75 Å². The summed E-state index contributed by atoms with van der Waals surface area (Å²) in [7, 11) is -2.26. The zero-order chi connectivity index (χ0) is 21.6. The Labute approximate surface area is 170 Å². The number of nitrogens with zero attached hydrogens (tertiary/aromatic N) is 1. The second-order valence-corrected chi connectivity index (χ2v) is 8.28. The predicted molar refractivity (Wildman–Crippen MR) is 111 cm³/mol. The smallest absolute Gasteiger partial charge is 0.327 e. The summed E-state index contributed by atoms with van der Waals surface area (Å²) < 4.78 is 35.6. The molecule has 2 rings (SSSR count). The molecule has 2 aromatic carbocycles.